The number of aliphatic hydroxyl groups excluding tert-OH is 2. The predicted molar refractivity (Wildman–Crippen MR) is 121 cm³/mol. The number of nitrogens with two attached hydrogens (primary N) is 1. The van der Waals surface area contributed by atoms with E-state index >= 15 is 0 Å². The van der Waals surface area contributed by atoms with Crippen molar-refractivity contribution in [3.63, 3.8) is 0 Å². The number of nitrogens with one attached hydrogen (secondary N) is 3. The molecule has 6 atom stereocenters. The van der Waals surface area contributed by atoms with E-state index in [1.165, 1.54) is 37.4 Å². The number of amides is 3. The molecule has 0 aromatic carbocycles. The minimum atomic E-state index is -1.43. The van der Waals surface area contributed by atoms with E-state index in [9.17, 15) is 34.5 Å². The molecule has 0 fully saturated rings. The van der Waals surface area contributed by atoms with Crippen LogP contribution in [-0.2, 0) is 19.2 Å². The van der Waals surface area contributed by atoms with Gasteiger partial charge < -0.3 is 37.0 Å². The van der Waals surface area contributed by atoms with Crippen molar-refractivity contribution in [2.75, 3.05) is 24.0 Å². The van der Waals surface area contributed by atoms with E-state index in [1.807, 2.05) is 6.26 Å². The van der Waals surface area contributed by atoms with Crippen LogP contribution in [0.2, 0.25) is 0 Å². The molecule has 13 heteroatoms. The van der Waals surface area contributed by atoms with E-state index in [0.717, 1.165) is 0 Å². The summed E-state index contributed by atoms with van der Waals surface area (Å²) in [5, 5.41) is 35.9. The maximum Gasteiger partial charge on any atom is 0.326 e. The average molecular weight is 483 g/mol. The Morgan fingerprint density at radius 3 is 1.71 bits per heavy atom. The van der Waals surface area contributed by atoms with Gasteiger partial charge in [0.2, 0.25) is 17.7 Å². The molecule has 0 aromatic heterocycles. The largest absolute Gasteiger partial charge is 0.480 e. The third-order valence-corrected chi connectivity index (χ3v) is 5.64. The first kappa shape index (κ1) is 29.5. The number of aliphatic hydroxyl groups is 2. The van der Waals surface area contributed by atoms with Gasteiger partial charge in [-0.3, -0.25) is 14.4 Å². The Labute approximate surface area is 190 Å². The molecule has 0 saturated carbocycles. The average Bonchev–Trinajstić information content (AvgIpc) is 2.70. The van der Waals surface area contributed by atoms with Crippen molar-refractivity contribution in [2.45, 2.75) is 63.1 Å². The summed E-state index contributed by atoms with van der Waals surface area (Å²) in [5.41, 5.74) is 5.60. The van der Waals surface area contributed by atoms with Crippen LogP contribution in [0, 0.1) is 0 Å². The van der Waals surface area contributed by atoms with Crippen molar-refractivity contribution in [1.82, 2.24) is 16.0 Å². The Morgan fingerprint density at radius 2 is 1.29 bits per heavy atom. The van der Waals surface area contributed by atoms with Gasteiger partial charge in [0.25, 0.3) is 0 Å². The Balaban J connectivity index is 5.33. The van der Waals surface area contributed by atoms with Crippen LogP contribution in [0.15, 0.2) is 0 Å². The highest BCUT2D eigenvalue weighted by Crippen LogP contribution is 2.06. The molecule has 180 valence electrons. The third-order valence-electron chi connectivity index (χ3n) is 4.35. The Bertz CT molecular complexity index is 607. The lowest BCUT2D eigenvalue weighted by molar-refractivity contribution is -0.143. The minimum Gasteiger partial charge on any atom is -0.480 e. The van der Waals surface area contributed by atoms with E-state index in [4.69, 9.17) is 5.73 Å². The van der Waals surface area contributed by atoms with Gasteiger partial charge in [-0.1, -0.05) is 0 Å². The smallest absolute Gasteiger partial charge is 0.326 e. The molecule has 6 unspecified atom stereocenters. The second-order valence-electron chi connectivity index (χ2n) is 7.02. The Kier molecular flexibility index (Phi) is 14.5. The second-order valence-corrected chi connectivity index (χ2v) is 8.99. The number of aliphatic carboxylic acids is 1. The number of carbonyl (C=O) groups excluding carboxylic acids is 3. The van der Waals surface area contributed by atoms with Crippen molar-refractivity contribution in [3.05, 3.63) is 0 Å². The number of carboxylic acids is 1. The van der Waals surface area contributed by atoms with Crippen LogP contribution in [0.5, 0.6) is 0 Å². The minimum absolute atomic E-state index is 0.173. The van der Waals surface area contributed by atoms with Gasteiger partial charge >= 0.3 is 5.97 Å². The van der Waals surface area contributed by atoms with Crippen LogP contribution in [0.3, 0.4) is 0 Å². The first-order valence-electron chi connectivity index (χ1n) is 9.69. The van der Waals surface area contributed by atoms with Gasteiger partial charge in [-0.25, -0.2) is 4.79 Å². The quantitative estimate of drug-likeness (QED) is 0.139. The van der Waals surface area contributed by atoms with E-state index in [1.54, 1.807) is 6.26 Å². The fourth-order valence-corrected chi connectivity index (χ4v) is 3.35. The van der Waals surface area contributed by atoms with Gasteiger partial charge in [0.1, 0.15) is 24.2 Å². The predicted octanol–water partition coefficient (Wildman–Crippen LogP) is -1.88. The molecule has 0 aliphatic carbocycles. The van der Waals surface area contributed by atoms with Crippen LogP contribution in [0.25, 0.3) is 0 Å². The summed E-state index contributed by atoms with van der Waals surface area (Å²) in [6, 6.07) is -4.91. The van der Waals surface area contributed by atoms with Crippen molar-refractivity contribution < 1.29 is 34.5 Å². The fraction of sp³-hybridized carbons (Fsp3) is 0.778. The number of thioether (sulfide) groups is 2. The van der Waals surface area contributed by atoms with Gasteiger partial charge in [-0.2, -0.15) is 23.5 Å². The SMILES string of the molecule is CSCCC(NC(=O)C(NC(=O)C(CCSC)NC(=O)C(N)C(C)O)C(C)O)C(=O)O. The maximum atomic E-state index is 12.7. The molecule has 0 bridgehead atoms. The molecule has 0 heterocycles. The monoisotopic (exact) mass is 482 g/mol. The number of hydrogen-bond acceptors (Lipinski definition) is 9. The summed E-state index contributed by atoms with van der Waals surface area (Å²) in [7, 11) is 0. The standard InChI is InChI=1S/C18H34N4O7S2/c1-9(23)13(19)16(26)20-11(5-7-30-3)15(25)22-14(10(2)24)17(27)21-12(18(28)29)6-8-31-4/h9-14,23-24H,5-8,19H2,1-4H3,(H,20,26)(H,21,27)(H,22,25)(H,28,29). The summed E-state index contributed by atoms with van der Waals surface area (Å²) in [6.07, 6.45) is 1.54. The summed E-state index contributed by atoms with van der Waals surface area (Å²) in [6.45, 7) is 2.62. The number of hydrogen-bond donors (Lipinski definition) is 7. The lowest BCUT2D eigenvalue weighted by Gasteiger charge is -2.26. The lowest BCUT2D eigenvalue weighted by Crippen LogP contribution is -2.60. The number of carboxylic acid groups (broad SMARTS) is 1. The summed E-state index contributed by atoms with van der Waals surface area (Å²) in [5.74, 6) is -2.56. The van der Waals surface area contributed by atoms with Crippen LogP contribution in [0.4, 0.5) is 0 Å². The normalized spacial score (nSPS) is 16.9. The third kappa shape index (κ3) is 11.1. The highest BCUT2D eigenvalue weighted by molar-refractivity contribution is 7.98. The van der Waals surface area contributed by atoms with E-state index < -0.39 is 60.1 Å². The molecule has 31 heavy (non-hydrogen) atoms. The molecule has 0 aliphatic heterocycles. The zero-order valence-electron chi connectivity index (χ0n) is 18.2. The van der Waals surface area contributed by atoms with Gasteiger partial charge in [0.05, 0.1) is 12.2 Å². The number of rotatable bonds is 15. The summed E-state index contributed by atoms with van der Waals surface area (Å²) >= 11 is 2.85. The van der Waals surface area contributed by atoms with Crippen LogP contribution in [0.1, 0.15) is 26.7 Å². The zero-order chi connectivity index (χ0) is 24.1. The molecule has 0 saturated heterocycles. The van der Waals surface area contributed by atoms with Crippen LogP contribution in [-0.4, -0.2) is 99.4 Å². The molecule has 0 radical (unpaired) electrons. The number of carbonyl (C=O) groups is 4. The first-order chi connectivity index (χ1) is 14.5. The summed E-state index contributed by atoms with van der Waals surface area (Å²) in [4.78, 5) is 48.8. The molecule has 0 rings (SSSR count). The molecule has 3 amide bonds. The highest BCUT2D eigenvalue weighted by atomic mass is 32.2. The molecular formula is C18H34N4O7S2. The van der Waals surface area contributed by atoms with E-state index in [-0.39, 0.29) is 12.8 Å². The first-order valence-corrected chi connectivity index (χ1v) is 12.5. The highest BCUT2D eigenvalue weighted by Gasteiger charge is 2.32. The van der Waals surface area contributed by atoms with Crippen LogP contribution < -0.4 is 21.7 Å². The van der Waals surface area contributed by atoms with E-state index in [2.05, 4.69) is 16.0 Å². The topological polar surface area (TPSA) is 191 Å². The van der Waals surface area contributed by atoms with Crippen LogP contribution >= 0.6 is 23.5 Å². The molecule has 8 N–H and O–H groups in total. The molecular weight excluding hydrogens is 448 g/mol. The molecule has 0 aliphatic rings. The Morgan fingerprint density at radius 1 is 0.806 bits per heavy atom. The second kappa shape index (κ2) is 15.3. The fourth-order valence-electron chi connectivity index (χ4n) is 2.41. The molecule has 0 spiro atoms. The van der Waals surface area contributed by atoms with Crippen molar-refractivity contribution in [3.8, 4) is 0 Å². The van der Waals surface area contributed by atoms with Gasteiger partial charge in [-0.15, -0.1) is 0 Å². The Hall–Kier alpha value is -1.54. The van der Waals surface area contributed by atoms with Gasteiger partial charge in [-0.05, 0) is 50.7 Å². The van der Waals surface area contributed by atoms with E-state index in [0.29, 0.717) is 11.5 Å². The van der Waals surface area contributed by atoms with Crippen molar-refractivity contribution in [2.24, 2.45) is 5.73 Å². The van der Waals surface area contributed by atoms with Gasteiger partial charge in [0.15, 0.2) is 0 Å². The summed E-state index contributed by atoms with van der Waals surface area (Å²) < 4.78 is 0. The lowest BCUT2D eigenvalue weighted by atomic mass is 10.1. The van der Waals surface area contributed by atoms with Crippen molar-refractivity contribution >= 4 is 47.2 Å². The molecule has 0 aromatic rings. The zero-order valence-corrected chi connectivity index (χ0v) is 19.8. The molecule has 11 nitrogen and oxygen atoms in total. The van der Waals surface area contributed by atoms with Gasteiger partial charge in [0, 0.05) is 0 Å². The van der Waals surface area contributed by atoms with Crippen molar-refractivity contribution in [1.29, 1.82) is 0 Å². The maximum absolute atomic E-state index is 12.7.